The number of hydrogen-bond donors (Lipinski definition) is 0. The minimum absolute atomic E-state index is 0.0382. The lowest BCUT2D eigenvalue weighted by molar-refractivity contribution is -0.0456. The van der Waals surface area contributed by atoms with Gasteiger partial charge in [0.1, 0.15) is 0 Å². The van der Waals surface area contributed by atoms with Crippen LogP contribution in [0.5, 0.6) is 0 Å². The molecule has 1 aromatic heterocycles. The topological polar surface area (TPSA) is 64.4 Å². The zero-order chi connectivity index (χ0) is 14.0. The molecule has 1 aliphatic heterocycles. The number of rotatable bonds is 4. The fourth-order valence-electron chi connectivity index (χ4n) is 2.12. The summed E-state index contributed by atoms with van der Waals surface area (Å²) >= 11 is 0. The van der Waals surface area contributed by atoms with E-state index in [-0.39, 0.29) is 11.1 Å². The van der Waals surface area contributed by atoms with Crippen LogP contribution in [0.3, 0.4) is 0 Å². The van der Waals surface area contributed by atoms with Crippen LogP contribution in [0.15, 0.2) is 17.6 Å². The molecule has 0 bridgehead atoms. The number of hydrogen-bond acceptors (Lipinski definition) is 5. The van der Waals surface area contributed by atoms with Crippen molar-refractivity contribution in [2.24, 2.45) is 0 Å². The van der Waals surface area contributed by atoms with E-state index in [1.165, 1.54) is 12.5 Å². The third-order valence-corrected chi connectivity index (χ3v) is 4.36. The highest BCUT2D eigenvalue weighted by Crippen LogP contribution is 2.14. The van der Waals surface area contributed by atoms with Crippen molar-refractivity contribution in [2.45, 2.75) is 37.6 Å². The lowest BCUT2D eigenvalue weighted by atomic mass is 10.2. The van der Waals surface area contributed by atoms with Gasteiger partial charge in [-0.15, -0.1) is 0 Å². The molecule has 0 N–H and O–H groups in total. The molecule has 19 heavy (non-hydrogen) atoms. The van der Waals surface area contributed by atoms with E-state index < -0.39 is 9.05 Å². The van der Waals surface area contributed by atoms with E-state index >= 15 is 0 Å². The third kappa shape index (κ3) is 3.92. The molecule has 1 atom stereocenters. The maximum absolute atomic E-state index is 11.1. The van der Waals surface area contributed by atoms with E-state index in [4.69, 9.17) is 15.4 Å². The van der Waals surface area contributed by atoms with E-state index in [0.717, 1.165) is 13.1 Å². The van der Waals surface area contributed by atoms with Gasteiger partial charge in [-0.25, -0.2) is 13.4 Å². The first kappa shape index (κ1) is 14.8. The molecule has 1 unspecified atom stereocenters. The summed E-state index contributed by atoms with van der Waals surface area (Å²) in [6, 6.07) is 0.480. The molecule has 0 spiro atoms. The van der Waals surface area contributed by atoms with Crippen LogP contribution in [-0.4, -0.2) is 54.7 Å². The van der Waals surface area contributed by atoms with Crippen LogP contribution in [0.4, 0.5) is 0 Å². The number of imidazole rings is 1. The van der Waals surface area contributed by atoms with E-state index in [9.17, 15) is 8.42 Å². The van der Waals surface area contributed by atoms with Crippen molar-refractivity contribution in [1.82, 2.24) is 14.5 Å². The summed E-state index contributed by atoms with van der Waals surface area (Å²) in [5.41, 5.74) is 0. The van der Waals surface area contributed by atoms with E-state index in [0.29, 0.717) is 19.2 Å². The minimum atomic E-state index is -3.76. The van der Waals surface area contributed by atoms with Gasteiger partial charge in [-0.05, 0) is 13.8 Å². The molecule has 1 fully saturated rings. The lowest BCUT2D eigenvalue weighted by Gasteiger charge is -2.35. The van der Waals surface area contributed by atoms with Crippen LogP contribution in [0.1, 0.15) is 13.8 Å². The molecule has 0 radical (unpaired) electrons. The first-order valence-corrected chi connectivity index (χ1v) is 8.49. The Hall–Kier alpha value is -0.630. The molecule has 6 nitrogen and oxygen atoms in total. The zero-order valence-corrected chi connectivity index (χ0v) is 12.6. The average molecular weight is 308 g/mol. The number of morpholine rings is 1. The first-order valence-electron chi connectivity index (χ1n) is 6.18. The first-order chi connectivity index (χ1) is 8.86. The van der Waals surface area contributed by atoms with Gasteiger partial charge in [0.05, 0.1) is 25.6 Å². The quantitative estimate of drug-likeness (QED) is 0.774. The normalized spacial score (nSPS) is 22.0. The largest absolute Gasteiger partial charge is 0.374 e. The molecule has 1 saturated heterocycles. The van der Waals surface area contributed by atoms with Gasteiger partial charge in [0, 0.05) is 36.0 Å². The van der Waals surface area contributed by atoms with Crippen molar-refractivity contribution < 1.29 is 13.2 Å². The Labute approximate surface area is 117 Å². The van der Waals surface area contributed by atoms with Gasteiger partial charge in [0.2, 0.25) is 0 Å². The lowest BCUT2D eigenvalue weighted by Crippen LogP contribution is -2.47. The van der Waals surface area contributed by atoms with Crippen molar-refractivity contribution in [3.63, 3.8) is 0 Å². The number of aromatic nitrogens is 2. The zero-order valence-electron chi connectivity index (χ0n) is 11.0. The van der Waals surface area contributed by atoms with Gasteiger partial charge in [-0.2, -0.15) is 0 Å². The Kier molecular flexibility index (Phi) is 4.50. The summed E-state index contributed by atoms with van der Waals surface area (Å²) in [5, 5.41) is -0.120. The van der Waals surface area contributed by atoms with Crippen molar-refractivity contribution in [1.29, 1.82) is 0 Å². The molecule has 0 aliphatic carbocycles. The van der Waals surface area contributed by atoms with Gasteiger partial charge in [0.15, 0.2) is 5.03 Å². The molecule has 0 aromatic carbocycles. The summed E-state index contributed by atoms with van der Waals surface area (Å²) in [5.74, 6) is 0. The van der Waals surface area contributed by atoms with E-state index in [1.807, 2.05) is 0 Å². The molecule has 0 amide bonds. The molecule has 0 saturated carbocycles. The fourth-order valence-corrected chi connectivity index (χ4v) is 2.80. The molecular weight excluding hydrogens is 290 g/mol. The van der Waals surface area contributed by atoms with Gasteiger partial charge in [-0.1, -0.05) is 0 Å². The minimum Gasteiger partial charge on any atom is -0.374 e. The van der Waals surface area contributed by atoms with Crippen molar-refractivity contribution >= 4 is 19.7 Å². The highest BCUT2D eigenvalue weighted by Gasteiger charge is 2.23. The Morgan fingerprint density at radius 3 is 2.89 bits per heavy atom. The monoisotopic (exact) mass is 307 g/mol. The fraction of sp³-hybridized carbons (Fsp3) is 0.727. The SMILES string of the molecule is CC(C)N1CCOC(Cn2cnc(S(=O)(=O)Cl)c2)C1. The Morgan fingerprint density at radius 1 is 1.58 bits per heavy atom. The molecule has 2 heterocycles. The van der Waals surface area contributed by atoms with Gasteiger partial charge < -0.3 is 9.30 Å². The molecule has 108 valence electrons. The number of halogens is 1. The summed E-state index contributed by atoms with van der Waals surface area (Å²) in [6.45, 7) is 7.33. The molecule has 8 heteroatoms. The summed E-state index contributed by atoms with van der Waals surface area (Å²) in [4.78, 5) is 6.12. The highest BCUT2D eigenvalue weighted by molar-refractivity contribution is 8.13. The second-order valence-electron chi connectivity index (χ2n) is 4.93. The summed E-state index contributed by atoms with van der Waals surface area (Å²) in [6.07, 6.45) is 2.93. The number of ether oxygens (including phenoxy) is 1. The Bertz CT molecular complexity index is 529. The highest BCUT2D eigenvalue weighted by atomic mass is 35.7. The van der Waals surface area contributed by atoms with Crippen LogP contribution in [0.25, 0.3) is 0 Å². The van der Waals surface area contributed by atoms with Crippen molar-refractivity contribution in [3.8, 4) is 0 Å². The van der Waals surface area contributed by atoms with Crippen LogP contribution in [-0.2, 0) is 20.3 Å². The van der Waals surface area contributed by atoms with Crippen molar-refractivity contribution in [2.75, 3.05) is 19.7 Å². The van der Waals surface area contributed by atoms with Crippen LogP contribution in [0, 0.1) is 0 Å². The molecule has 2 rings (SSSR count). The molecule has 1 aromatic rings. The standard InChI is InChI=1S/C11H18ClN3O3S/c1-9(2)15-3-4-18-10(6-15)5-14-7-11(13-8-14)19(12,16)17/h7-10H,3-6H2,1-2H3. The molecule has 1 aliphatic rings. The van der Waals surface area contributed by atoms with Crippen LogP contribution >= 0.6 is 10.7 Å². The third-order valence-electron chi connectivity index (χ3n) is 3.17. The maximum Gasteiger partial charge on any atom is 0.280 e. The van der Waals surface area contributed by atoms with Gasteiger partial charge in [0.25, 0.3) is 9.05 Å². The maximum atomic E-state index is 11.1. The van der Waals surface area contributed by atoms with E-state index in [1.54, 1.807) is 4.57 Å². The summed E-state index contributed by atoms with van der Waals surface area (Å²) in [7, 11) is 1.48. The second-order valence-corrected chi connectivity index (χ2v) is 7.44. The molecular formula is C11H18ClN3O3S. The second kappa shape index (κ2) is 5.78. The smallest absolute Gasteiger partial charge is 0.280 e. The Balaban J connectivity index is 1.99. The van der Waals surface area contributed by atoms with Crippen LogP contribution in [0.2, 0.25) is 0 Å². The predicted octanol–water partition coefficient (Wildman–Crippen LogP) is 0.920. The number of nitrogens with zero attached hydrogens (tertiary/aromatic N) is 3. The Morgan fingerprint density at radius 2 is 2.32 bits per heavy atom. The van der Waals surface area contributed by atoms with E-state index in [2.05, 4.69) is 23.7 Å². The summed E-state index contributed by atoms with van der Waals surface area (Å²) < 4.78 is 29.6. The van der Waals surface area contributed by atoms with Gasteiger partial charge >= 0.3 is 0 Å². The van der Waals surface area contributed by atoms with Gasteiger partial charge in [-0.3, -0.25) is 4.90 Å². The average Bonchev–Trinajstić information content (AvgIpc) is 2.77. The van der Waals surface area contributed by atoms with Crippen LogP contribution < -0.4 is 0 Å². The predicted molar refractivity (Wildman–Crippen MR) is 71.7 cm³/mol. The van der Waals surface area contributed by atoms with Crippen molar-refractivity contribution in [3.05, 3.63) is 12.5 Å².